The summed E-state index contributed by atoms with van der Waals surface area (Å²) < 4.78 is 0. The number of nitrogens with zero attached hydrogens (tertiary/aromatic N) is 1. The number of aromatic nitrogens is 1. The molecule has 12 heavy (non-hydrogen) atoms. The highest BCUT2D eigenvalue weighted by molar-refractivity contribution is 5.93. The van der Waals surface area contributed by atoms with Gasteiger partial charge in [0, 0.05) is 18.8 Å². The van der Waals surface area contributed by atoms with E-state index in [0.717, 1.165) is 0 Å². The highest BCUT2D eigenvalue weighted by Crippen LogP contribution is 2.03. The molecule has 1 amide bonds. The number of nitrogens with one attached hydrogen (secondary N) is 2. The van der Waals surface area contributed by atoms with Gasteiger partial charge in [-0.15, -0.1) is 0 Å². The van der Waals surface area contributed by atoms with E-state index in [4.69, 9.17) is 5.73 Å². The first-order chi connectivity index (χ1) is 5.74. The third-order valence-corrected chi connectivity index (χ3v) is 1.30. The van der Waals surface area contributed by atoms with Gasteiger partial charge in [0.15, 0.2) is 0 Å². The molecule has 0 aliphatic rings. The Morgan fingerprint density at radius 2 is 2.42 bits per heavy atom. The Kier molecular flexibility index (Phi) is 2.60. The van der Waals surface area contributed by atoms with Crippen LogP contribution >= 0.6 is 0 Å². The summed E-state index contributed by atoms with van der Waals surface area (Å²) in [4.78, 5) is 14.6. The second kappa shape index (κ2) is 3.68. The van der Waals surface area contributed by atoms with E-state index < -0.39 is 5.91 Å². The Bertz CT molecular complexity index is 286. The number of pyridine rings is 1. The zero-order chi connectivity index (χ0) is 8.97. The van der Waals surface area contributed by atoms with Crippen molar-refractivity contribution in [3.8, 4) is 0 Å². The van der Waals surface area contributed by atoms with Gasteiger partial charge in [0.1, 0.15) is 5.82 Å². The number of carbonyl (C=O) groups is 1. The highest BCUT2D eigenvalue weighted by Gasteiger charge is 2.00. The van der Waals surface area contributed by atoms with Crippen molar-refractivity contribution in [2.45, 2.75) is 0 Å². The van der Waals surface area contributed by atoms with E-state index in [1.165, 1.54) is 6.20 Å². The van der Waals surface area contributed by atoms with Crippen molar-refractivity contribution in [3.05, 3.63) is 23.9 Å². The monoisotopic (exact) mass is 166 g/mol. The predicted molar refractivity (Wildman–Crippen MR) is 45.4 cm³/mol. The molecule has 1 heterocycles. The van der Waals surface area contributed by atoms with Crippen molar-refractivity contribution < 1.29 is 4.79 Å². The first-order valence-electron chi connectivity index (χ1n) is 3.42. The van der Waals surface area contributed by atoms with Gasteiger partial charge in [0.2, 0.25) is 5.91 Å². The molecule has 1 rings (SSSR count). The van der Waals surface area contributed by atoms with Crippen LogP contribution in [-0.4, -0.2) is 17.9 Å². The molecule has 0 atom stereocenters. The molecule has 5 nitrogen and oxygen atoms in total. The van der Waals surface area contributed by atoms with Crippen LogP contribution in [0.3, 0.4) is 0 Å². The molecule has 4 N–H and O–H groups in total. The first kappa shape index (κ1) is 8.48. The molecule has 0 aromatic carbocycles. The van der Waals surface area contributed by atoms with Gasteiger partial charge in [-0.3, -0.25) is 4.79 Å². The minimum atomic E-state index is -0.462. The van der Waals surface area contributed by atoms with Gasteiger partial charge in [0.05, 0.1) is 0 Å². The second-order valence-corrected chi connectivity index (χ2v) is 2.17. The molecule has 64 valence electrons. The Balaban J connectivity index is 2.88. The number of hydrogen-bond donors (Lipinski definition) is 3. The predicted octanol–water partition coefficient (Wildman–Crippen LogP) is -0.273. The molecular formula is C7H10N4O. The fourth-order valence-electron chi connectivity index (χ4n) is 0.780. The van der Waals surface area contributed by atoms with Crippen molar-refractivity contribution in [2.75, 3.05) is 12.5 Å². The minimum absolute atomic E-state index is 0.433. The maximum atomic E-state index is 10.7. The van der Waals surface area contributed by atoms with Gasteiger partial charge < -0.3 is 11.2 Å². The maximum absolute atomic E-state index is 10.7. The minimum Gasteiger partial charge on any atom is -0.366 e. The molecule has 0 fully saturated rings. The van der Waals surface area contributed by atoms with Crippen LogP contribution in [-0.2, 0) is 0 Å². The normalized spacial score (nSPS) is 9.42. The Labute approximate surface area is 70.0 Å². The van der Waals surface area contributed by atoms with E-state index in [2.05, 4.69) is 15.8 Å². The summed E-state index contributed by atoms with van der Waals surface area (Å²) >= 11 is 0. The SMILES string of the molecule is CNNc1cc(C(N)=O)ccn1. The molecule has 0 bridgehead atoms. The Morgan fingerprint density at radius 1 is 1.67 bits per heavy atom. The summed E-state index contributed by atoms with van der Waals surface area (Å²) in [5.41, 5.74) is 10.9. The maximum Gasteiger partial charge on any atom is 0.248 e. The zero-order valence-corrected chi connectivity index (χ0v) is 6.66. The Hall–Kier alpha value is -1.62. The van der Waals surface area contributed by atoms with E-state index in [0.29, 0.717) is 11.4 Å². The van der Waals surface area contributed by atoms with Crippen LogP contribution in [0.4, 0.5) is 5.82 Å². The van der Waals surface area contributed by atoms with Gasteiger partial charge >= 0.3 is 0 Å². The lowest BCUT2D eigenvalue weighted by atomic mass is 10.2. The highest BCUT2D eigenvalue weighted by atomic mass is 16.1. The van der Waals surface area contributed by atoms with E-state index >= 15 is 0 Å². The van der Waals surface area contributed by atoms with E-state index in [1.54, 1.807) is 19.2 Å². The van der Waals surface area contributed by atoms with E-state index in [9.17, 15) is 4.79 Å². The van der Waals surface area contributed by atoms with Gasteiger partial charge in [-0.05, 0) is 12.1 Å². The molecule has 0 aliphatic carbocycles. The number of primary amides is 1. The van der Waals surface area contributed by atoms with Crippen molar-refractivity contribution in [3.63, 3.8) is 0 Å². The molecule has 5 heteroatoms. The molecule has 1 aromatic rings. The van der Waals surface area contributed by atoms with Gasteiger partial charge in [-0.2, -0.15) is 0 Å². The van der Waals surface area contributed by atoms with Crippen LogP contribution in [0.25, 0.3) is 0 Å². The molecule has 0 aliphatic heterocycles. The number of amides is 1. The lowest BCUT2D eigenvalue weighted by Crippen LogP contribution is -2.17. The average molecular weight is 166 g/mol. The quantitative estimate of drug-likeness (QED) is 0.540. The summed E-state index contributed by atoms with van der Waals surface area (Å²) in [6.07, 6.45) is 1.51. The molecular weight excluding hydrogens is 156 g/mol. The van der Waals surface area contributed by atoms with Crippen LogP contribution in [0.1, 0.15) is 10.4 Å². The molecule has 0 radical (unpaired) electrons. The number of hydrazine groups is 1. The van der Waals surface area contributed by atoms with E-state index in [1.807, 2.05) is 0 Å². The van der Waals surface area contributed by atoms with E-state index in [-0.39, 0.29) is 0 Å². The molecule has 0 unspecified atom stereocenters. The van der Waals surface area contributed by atoms with Crippen molar-refractivity contribution >= 4 is 11.7 Å². The third kappa shape index (κ3) is 1.93. The van der Waals surface area contributed by atoms with Gasteiger partial charge in [-0.25, -0.2) is 10.4 Å². The van der Waals surface area contributed by atoms with Crippen LogP contribution in [0.5, 0.6) is 0 Å². The lowest BCUT2D eigenvalue weighted by molar-refractivity contribution is 0.1000. The number of nitrogens with two attached hydrogens (primary N) is 1. The smallest absolute Gasteiger partial charge is 0.248 e. The van der Waals surface area contributed by atoms with Crippen molar-refractivity contribution in [2.24, 2.45) is 5.73 Å². The molecule has 0 saturated heterocycles. The summed E-state index contributed by atoms with van der Waals surface area (Å²) in [6, 6.07) is 3.13. The van der Waals surface area contributed by atoms with Crippen molar-refractivity contribution in [1.82, 2.24) is 10.4 Å². The summed E-state index contributed by atoms with van der Waals surface area (Å²) in [6.45, 7) is 0. The zero-order valence-electron chi connectivity index (χ0n) is 6.66. The van der Waals surface area contributed by atoms with Crippen molar-refractivity contribution in [1.29, 1.82) is 0 Å². The molecule has 1 aromatic heterocycles. The van der Waals surface area contributed by atoms with Gasteiger partial charge in [-0.1, -0.05) is 0 Å². The standard InChI is InChI=1S/C7H10N4O/c1-9-11-6-4-5(7(8)12)2-3-10-6/h2-4,9H,1H3,(H2,8,12)(H,10,11). The largest absolute Gasteiger partial charge is 0.366 e. The van der Waals surface area contributed by atoms with Gasteiger partial charge in [0.25, 0.3) is 0 Å². The third-order valence-electron chi connectivity index (χ3n) is 1.30. The first-order valence-corrected chi connectivity index (χ1v) is 3.42. The summed E-state index contributed by atoms with van der Waals surface area (Å²) in [5.74, 6) is 0.102. The Morgan fingerprint density at radius 3 is 3.00 bits per heavy atom. The topological polar surface area (TPSA) is 80.0 Å². The lowest BCUT2D eigenvalue weighted by Gasteiger charge is -2.02. The number of rotatable bonds is 3. The number of anilines is 1. The summed E-state index contributed by atoms with van der Waals surface area (Å²) in [5, 5.41) is 0. The fraction of sp³-hybridized carbons (Fsp3) is 0.143. The second-order valence-electron chi connectivity index (χ2n) is 2.17. The van der Waals surface area contributed by atoms with Crippen LogP contribution in [0.15, 0.2) is 18.3 Å². The fourth-order valence-corrected chi connectivity index (χ4v) is 0.780. The van der Waals surface area contributed by atoms with Crippen LogP contribution < -0.4 is 16.6 Å². The molecule has 0 spiro atoms. The summed E-state index contributed by atoms with van der Waals surface area (Å²) in [7, 11) is 1.71. The average Bonchev–Trinajstić information content (AvgIpc) is 2.05. The molecule has 0 saturated carbocycles. The van der Waals surface area contributed by atoms with Crippen LogP contribution in [0, 0.1) is 0 Å². The number of carbonyl (C=O) groups excluding carboxylic acids is 1. The van der Waals surface area contributed by atoms with Crippen LogP contribution in [0.2, 0.25) is 0 Å². The number of hydrogen-bond acceptors (Lipinski definition) is 4.